The van der Waals surface area contributed by atoms with Gasteiger partial charge in [0.2, 0.25) is 0 Å². The lowest BCUT2D eigenvalue weighted by molar-refractivity contribution is 0.269. The van der Waals surface area contributed by atoms with Gasteiger partial charge in [0.05, 0.1) is 6.61 Å². The van der Waals surface area contributed by atoms with Gasteiger partial charge in [-0.3, -0.25) is 0 Å². The Morgan fingerprint density at radius 2 is 1.88 bits per heavy atom. The number of rotatable bonds is 5. The molecule has 0 bridgehead atoms. The molecule has 0 spiro atoms. The van der Waals surface area contributed by atoms with E-state index in [9.17, 15) is 0 Å². The Labute approximate surface area is 98.8 Å². The van der Waals surface area contributed by atoms with Gasteiger partial charge in [-0.15, -0.1) is 0 Å². The van der Waals surface area contributed by atoms with Gasteiger partial charge in [-0.1, -0.05) is 19.9 Å². The first-order valence-electron chi connectivity index (χ1n) is 5.98. The molecule has 0 atom stereocenters. The zero-order valence-electron chi connectivity index (χ0n) is 10.8. The zero-order chi connectivity index (χ0) is 12.1. The second-order valence-electron chi connectivity index (χ2n) is 4.72. The van der Waals surface area contributed by atoms with Crippen molar-refractivity contribution in [3.63, 3.8) is 0 Å². The molecule has 0 heterocycles. The van der Waals surface area contributed by atoms with E-state index in [0.29, 0.717) is 12.5 Å². The highest BCUT2D eigenvalue weighted by molar-refractivity contribution is 5.43. The first kappa shape index (κ1) is 13.0. The second kappa shape index (κ2) is 5.90. The fourth-order valence-electron chi connectivity index (χ4n) is 1.69. The van der Waals surface area contributed by atoms with Crippen molar-refractivity contribution < 1.29 is 4.74 Å². The molecule has 2 nitrogen and oxygen atoms in total. The lowest BCUT2D eigenvalue weighted by atomic mass is 10.00. The van der Waals surface area contributed by atoms with Gasteiger partial charge in [-0.2, -0.15) is 0 Å². The van der Waals surface area contributed by atoms with Crippen molar-refractivity contribution in [1.29, 1.82) is 0 Å². The highest BCUT2D eigenvalue weighted by Crippen LogP contribution is 2.24. The number of hydrogen-bond donors (Lipinski definition) is 1. The Morgan fingerprint density at radius 3 is 2.44 bits per heavy atom. The molecule has 90 valence electrons. The van der Waals surface area contributed by atoms with Crippen molar-refractivity contribution in [2.24, 2.45) is 11.7 Å². The number of benzene rings is 1. The summed E-state index contributed by atoms with van der Waals surface area (Å²) in [5.41, 5.74) is 9.47. The summed E-state index contributed by atoms with van der Waals surface area (Å²) in [5.74, 6) is 1.57. The normalized spacial score (nSPS) is 10.9. The minimum atomic E-state index is 0.559. The molecule has 0 unspecified atom stereocenters. The van der Waals surface area contributed by atoms with Crippen LogP contribution in [0.1, 0.15) is 30.5 Å². The average Bonchev–Trinajstić information content (AvgIpc) is 2.24. The van der Waals surface area contributed by atoms with Gasteiger partial charge < -0.3 is 10.5 Å². The van der Waals surface area contributed by atoms with Crippen LogP contribution in [0.2, 0.25) is 0 Å². The lowest BCUT2D eigenvalue weighted by Crippen LogP contribution is -2.08. The highest BCUT2D eigenvalue weighted by Gasteiger charge is 2.07. The first-order chi connectivity index (χ1) is 7.56. The molecule has 1 rings (SSSR count). The summed E-state index contributed by atoms with van der Waals surface area (Å²) in [5, 5.41) is 0. The van der Waals surface area contributed by atoms with E-state index in [-0.39, 0.29) is 0 Å². The molecule has 0 aliphatic carbocycles. The maximum Gasteiger partial charge on any atom is 0.122 e. The molecule has 2 N–H and O–H groups in total. The van der Waals surface area contributed by atoms with Crippen LogP contribution in [0.4, 0.5) is 0 Å². The third-order valence-corrected chi connectivity index (χ3v) is 2.84. The molecule has 0 radical (unpaired) electrons. The summed E-state index contributed by atoms with van der Waals surface area (Å²) < 4.78 is 5.78. The van der Waals surface area contributed by atoms with Crippen molar-refractivity contribution >= 4 is 0 Å². The lowest BCUT2D eigenvalue weighted by Gasteiger charge is -2.15. The molecule has 2 heteroatoms. The summed E-state index contributed by atoms with van der Waals surface area (Å²) in [6.07, 6.45) is 0.942. The quantitative estimate of drug-likeness (QED) is 0.829. The van der Waals surface area contributed by atoms with Crippen LogP contribution in [-0.4, -0.2) is 13.2 Å². The predicted molar refractivity (Wildman–Crippen MR) is 69.0 cm³/mol. The molecule has 1 aromatic carbocycles. The van der Waals surface area contributed by atoms with E-state index in [2.05, 4.69) is 39.8 Å². The van der Waals surface area contributed by atoms with E-state index in [1.54, 1.807) is 0 Å². The van der Waals surface area contributed by atoms with Crippen LogP contribution in [0.3, 0.4) is 0 Å². The van der Waals surface area contributed by atoms with Crippen LogP contribution in [-0.2, 0) is 6.42 Å². The van der Waals surface area contributed by atoms with Gasteiger partial charge in [0, 0.05) is 0 Å². The Hall–Kier alpha value is -1.02. The first-order valence-corrected chi connectivity index (χ1v) is 5.98. The van der Waals surface area contributed by atoms with Crippen molar-refractivity contribution in [2.45, 2.75) is 34.1 Å². The highest BCUT2D eigenvalue weighted by atomic mass is 16.5. The Bertz CT molecular complexity index is 345. The van der Waals surface area contributed by atoms with Crippen LogP contribution >= 0.6 is 0 Å². The van der Waals surface area contributed by atoms with Gasteiger partial charge in [-0.25, -0.2) is 0 Å². The van der Waals surface area contributed by atoms with E-state index in [1.807, 2.05) is 0 Å². The van der Waals surface area contributed by atoms with Crippen LogP contribution in [0.15, 0.2) is 12.1 Å². The van der Waals surface area contributed by atoms with E-state index >= 15 is 0 Å². The largest absolute Gasteiger partial charge is 0.493 e. The smallest absolute Gasteiger partial charge is 0.122 e. The van der Waals surface area contributed by atoms with Gasteiger partial charge in [0.15, 0.2) is 0 Å². The molecule has 16 heavy (non-hydrogen) atoms. The summed E-state index contributed by atoms with van der Waals surface area (Å²) in [6, 6.07) is 4.20. The Morgan fingerprint density at radius 1 is 1.19 bits per heavy atom. The molecule has 0 aliphatic rings. The van der Waals surface area contributed by atoms with Crippen molar-refractivity contribution in [3.8, 4) is 5.75 Å². The summed E-state index contributed by atoms with van der Waals surface area (Å²) in [4.78, 5) is 0. The van der Waals surface area contributed by atoms with E-state index in [1.165, 1.54) is 16.7 Å². The van der Waals surface area contributed by atoms with Crippen LogP contribution in [0.5, 0.6) is 5.75 Å². The number of nitrogens with two attached hydrogens (primary N) is 1. The minimum Gasteiger partial charge on any atom is -0.493 e. The molecule has 0 fully saturated rings. The molecule has 0 aliphatic heterocycles. The molecule has 0 saturated heterocycles. The van der Waals surface area contributed by atoms with Crippen molar-refractivity contribution in [2.75, 3.05) is 13.2 Å². The SMILES string of the molecule is Cc1c(CCN)ccc(OCC(C)C)c1C. The maximum atomic E-state index is 5.78. The third-order valence-electron chi connectivity index (χ3n) is 2.84. The Balaban J connectivity index is 2.84. The molecular weight excluding hydrogens is 198 g/mol. The summed E-state index contributed by atoms with van der Waals surface area (Å²) in [7, 11) is 0. The van der Waals surface area contributed by atoms with Crippen molar-refractivity contribution in [1.82, 2.24) is 0 Å². The molecule has 0 aromatic heterocycles. The number of hydrogen-bond acceptors (Lipinski definition) is 2. The van der Waals surface area contributed by atoms with E-state index in [0.717, 1.165) is 18.8 Å². The fourth-order valence-corrected chi connectivity index (χ4v) is 1.69. The molecule has 0 amide bonds. The summed E-state index contributed by atoms with van der Waals surface area (Å²) >= 11 is 0. The van der Waals surface area contributed by atoms with Gasteiger partial charge in [0.25, 0.3) is 0 Å². The van der Waals surface area contributed by atoms with Crippen LogP contribution < -0.4 is 10.5 Å². The second-order valence-corrected chi connectivity index (χ2v) is 4.72. The predicted octanol–water partition coefficient (Wildman–Crippen LogP) is 2.84. The van der Waals surface area contributed by atoms with Gasteiger partial charge in [0.1, 0.15) is 5.75 Å². The van der Waals surface area contributed by atoms with E-state index in [4.69, 9.17) is 10.5 Å². The number of ether oxygens (including phenoxy) is 1. The van der Waals surface area contributed by atoms with Crippen molar-refractivity contribution in [3.05, 3.63) is 28.8 Å². The Kier molecular flexibility index (Phi) is 4.81. The average molecular weight is 221 g/mol. The maximum absolute atomic E-state index is 5.78. The zero-order valence-corrected chi connectivity index (χ0v) is 10.8. The molecule has 0 saturated carbocycles. The summed E-state index contributed by atoms with van der Waals surface area (Å²) in [6.45, 7) is 10.0. The molecule has 1 aromatic rings. The minimum absolute atomic E-state index is 0.559. The topological polar surface area (TPSA) is 35.2 Å². The van der Waals surface area contributed by atoms with Crippen LogP contribution in [0.25, 0.3) is 0 Å². The van der Waals surface area contributed by atoms with E-state index < -0.39 is 0 Å². The molecular formula is C14H23NO. The van der Waals surface area contributed by atoms with Gasteiger partial charge >= 0.3 is 0 Å². The van der Waals surface area contributed by atoms with Crippen LogP contribution in [0, 0.1) is 19.8 Å². The monoisotopic (exact) mass is 221 g/mol. The standard InChI is InChI=1S/C14H23NO/c1-10(2)9-16-14-6-5-13(7-8-15)11(3)12(14)4/h5-6,10H,7-9,15H2,1-4H3. The van der Waals surface area contributed by atoms with Gasteiger partial charge in [-0.05, 0) is 55.5 Å². The fraction of sp³-hybridized carbons (Fsp3) is 0.571. The third kappa shape index (κ3) is 3.24.